The zero-order valence-electron chi connectivity index (χ0n) is 8.84. The Morgan fingerprint density at radius 3 is 2.93 bits per heavy atom. The van der Waals surface area contributed by atoms with Gasteiger partial charge in [0.25, 0.3) is 0 Å². The second kappa shape index (κ2) is 3.99. The molecule has 3 heteroatoms. The lowest BCUT2D eigenvalue weighted by Crippen LogP contribution is -2.49. The van der Waals surface area contributed by atoms with Gasteiger partial charge in [0.1, 0.15) is 0 Å². The highest BCUT2D eigenvalue weighted by Crippen LogP contribution is 2.26. The predicted molar refractivity (Wildman–Crippen MR) is 54.2 cm³/mol. The summed E-state index contributed by atoms with van der Waals surface area (Å²) < 4.78 is 5.36. The second-order valence-corrected chi connectivity index (χ2v) is 4.64. The molecule has 0 aromatic heterocycles. The van der Waals surface area contributed by atoms with Crippen molar-refractivity contribution in [2.45, 2.75) is 38.1 Å². The van der Waals surface area contributed by atoms with E-state index >= 15 is 0 Å². The van der Waals surface area contributed by atoms with Crippen molar-refractivity contribution in [1.29, 1.82) is 0 Å². The molecular formula is C11H19NO2. The van der Waals surface area contributed by atoms with E-state index in [1.807, 2.05) is 6.92 Å². The average Bonchev–Trinajstić information content (AvgIpc) is 2.67. The molecule has 2 fully saturated rings. The third kappa shape index (κ3) is 1.84. The molecule has 0 spiro atoms. The van der Waals surface area contributed by atoms with Gasteiger partial charge in [0.2, 0.25) is 0 Å². The lowest BCUT2D eigenvalue weighted by molar-refractivity contribution is -0.132. The van der Waals surface area contributed by atoms with Gasteiger partial charge >= 0.3 is 0 Å². The molecule has 0 aromatic carbocycles. The van der Waals surface area contributed by atoms with Crippen LogP contribution in [-0.4, -0.2) is 31.1 Å². The molecule has 2 saturated heterocycles. The fraction of sp³-hybridized carbons (Fsp3) is 0.909. The molecule has 3 nitrogen and oxygen atoms in total. The molecule has 2 atom stereocenters. The van der Waals surface area contributed by atoms with Gasteiger partial charge in [-0.15, -0.1) is 0 Å². The summed E-state index contributed by atoms with van der Waals surface area (Å²) in [7, 11) is 0. The van der Waals surface area contributed by atoms with Crippen molar-refractivity contribution in [2.75, 3.05) is 19.8 Å². The molecule has 1 N–H and O–H groups in total. The lowest BCUT2D eigenvalue weighted by Gasteiger charge is -2.30. The van der Waals surface area contributed by atoms with Crippen LogP contribution in [0.3, 0.4) is 0 Å². The number of nitrogens with one attached hydrogen (secondary N) is 1. The first-order valence-electron chi connectivity index (χ1n) is 5.59. The van der Waals surface area contributed by atoms with Crippen molar-refractivity contribution in [2.24, 2.45) is 5.92 Å². The standard InChI is InChI=1S/C11H19NO2/c1-11(5-3-6-12-11)10(13)9-4-2-7-14-8-9/h9,12H,2-8H2,1H3. The number of hydrogen-bond donors (Lipinski definition) is 1. The number of carbonyl (C=O) groups is 1. The molecule has 0 amide bonds. The van der Waals surface area contributed by atoms with Crippen LogP contribution in [0.2, 0.25) is 0 Å². The number of hydrogen-bond acceptors (Lipinski definition) is 3. The van der Waals surface area contributed by atoms with Crippen molar-refractivity contribution >= 4 is 5.78 Å². The Morgan fingerprint density at radius 1 is 1.50 bits per heavy atom. The summed E-state index contributed by atoms with van der Waals surface area (Å²) in [5.74, 6) is 0.508. The average molecular weight is 197 g/mol. The van der Waals surface area contributed by atoms with E-state index in [4.69, 9.17) is 4.74 Å². The highest BCUT2D eigenvalue weighted by Gasteiger charge is 2.40. The summed E-state index contributed by atoms with van der Waals surface area (Å²) in [6, 6.07) is 0. The molecule has 2 rings (SSSR count). The maximum Gasteiger partial charge on any atom is 0.157 e. The number of ether oxygens (including phenoxy) is 1. The Bertz CT molecular complexity index is 215. The second-order valence-electron chi connectivity index (χ2n) is 4.64. The van der Waals surface area contributed by atoms with Gasteiger partial charge in [-0.05, 0) is 39.2 Å². The molecular weight excluding hydrogens is 178 g/mol. The van der Waals surface area contributed by atoms with Gasteiger partial charge in [-0.1, -0.05) is 0 Å². The van der Waals surface area contributed by atoms with Crippen molar-refractivity contribution in [3.63, 3.8) is 0 Å². The van der Waals surface area contributed by atoms with Crippen molar-refractivity contribution in [1.82, 2.24) is 5.32 Å². The highest BCUT2D eigenvalue weighted by molar-refractivity contribution is 5.90. The summed E-state index contributed by atoms with van der Waals surface area (Å²) in [4.78, 5) is 12.2. The van der Waals surface area contributed by atoms with Crippen LogP contribution in [0.4, 0.5) is 0 Å². The third-order valence-electron chi connectivity index (χ3n) is 3.44. The molecule has 2 heterocycles. The molecule has 2 aliphatic rings. The van der Waals surface area contributed by atoms with Gasteiger partial charge in [0, 0.05) is 12.5 Å². The van der Waals surface area contributed by atoms with Crippen molar-refractivity contribution < 1.29 is 9.53 Å². The lowest BCUT2D eigenvalue weighted by atomic mass is 9.83. The SMILES string of the molecule is CC1(C(=O)C2CCCOC2)CCCN1. The zero-order valence-corrected chi connectivity index (χ0v) is 8.84. The molecule has 80 valence electrons. The van der Waals surface area contributed by atoms with E-state index in [1.165, 1.54) is 0 Å². The number of carbonyl (C=O) groups excluding carboxylic acids is 1. The van der Waals surface area contributed by atoms with Crippen molar-refractivity contribution in [3.8, 4) is 0 Å². The van der Waals surface area contributed by atoms with Gasteiger partial charge in [0.15, 0.2) is 5.78 Å². The first-order valence-corrected chi connectivity index (χ1v) is 5.59. The van der Waals surface area contributed by atoms with E-state index in [0.29, 0.717) is 12.4 Å². The van der Waals surface area contributed by atoms with Crippen LogP contribution in [0.15, 0.2) is 0 Å². The number of rotatable bonds is 2. The van der Waals surface area contributed by atoms with Gasteiger partial charge in [-0.3, -0.25) is 4.79 Å². The predicted octanol–water partition coefficient (Wildman–Crippen LogP) is 1.12. The maximum atomic E-state index is 12.2. The molecule has 2 unspecified atom stereocenters. The molecule has 0 saturated carbocycles. The van der Waals surface area contributed by atoms with Crippen LogP contribution in [0, 0.1) is 5.92 Å². The van der Waals surface area contributed by atoms with E-state index < -0.39 is 0 Å². The Kier molecular flexibility index (Phi) is 2.88. The van der Waals surface area contributed by atoms with Crippen LogP contribution in [0.1, 0.15) is 32.6 Å². The number of ketones is 1. The molecule has 0 aliphatic carbocycles. The summed E-state index contributed by atoms with van der Waals surface area (Å²) in [6.07, 6.45) is 4.15. The first-order chi connectivity index (χ1) is 6.72. The minimum Gasteiger partial charge on any atom is -0.381 e. The minimum absolute atomic E-state index is 0.138. The largest absolute Gasteiger partial charge is 0.381 e. The quantitative estimate of drug-likeness (QED) is 0.721. The van der Waals surface area contributed by atoms with Gasteiger partial charge in [-0.25, -0.2) is 0 Å². The Morgan fingerprint density at radius 2 is 2.36 bits per heavy atom. The van der Waals surface area contributed by atoms with Gasteiger partial charge in [0.05, 0.1) is 12.1 Å². The molecule has 0 radical (unpaired) electrons. The van der Waals surface area contributed by atoms with E-state index in [0.717, 1.165) is 38.8 Å². The smallest absolute Gasteiger partial charge is 0.157 e. The number of Topliss-reactive ketones (excluding diaryl/α,β-unsaturated/α-hetero) is 1. The minimum atomic E-state index is -0.259. The van der Waals surface area contributed by atoms with Crippen LogP contribution in [-0.2, 0) is 9.53 Å². The summed E-state index contributed by atoms with van der Waals surface area (Å²) >= 11 is 0. The zero-order chi connectivity index (χ0) is 10.0. The normalized spacial score (nSPS) is 38.5. The summed E-state index contributed by atoms with van der Waals surface area (Å²) in [5.41, 5.74) is -0.259. The van der Waals surface area contributed by atoms with E-state index in [2.05, 4.69) is 5.32 Å². The third-order valence-corrected chi connectivity index (χ3v) is 3.44. The fourth-order valence-corrected chi connectivity index (χ4v) is 2.50. The van der Waals surface area contributed by atoms with E-state index in [9.17, 15) is 4.79 Å². The Balaban J connectivity index is 1.98. The fourth-order valence-electron chi connectivity index (χ4n) is 2.50. The topological polar surface area (TPSA) is 38.3 Å². The summed E-state index contributed by atoms with van der Waals surface area (Å²) in [6.45, 7) is 4.48. The van der Waals surface area contributed by atoms with Crippen LogP contribution in [0.25, 0.3) is 0 Å². The van der Waals surface area contributed by atoms with Gasteiger partial charge in [-0.2, -0.15) is 0 Å². The van der Waals surface area contributed by atoms with Crippen LogP contribution < -0.4 is 5.32 Å². The maximum absolute atomic E-state index is 12.2. The van der Waals surface area contributed by atoms with E-state index in [-0.39, 0.29) is 11.5 Å². The molecule has 0 aromatic rings. The van der Waals surface area contributed by atoms with E-state index in [1.54, 1.807) is 0 Å². The Hall–Kier alpha value is -0.410. The van der Waals surface area contributed by atoms with Crippen molar-refractivity contribution in [3.05, 3.63) is 0 Å². The molecule has 0 bridgehead atoms. The van der Waals surface area contributed by atoms with Crippen LogP contribution in [0.5, 0.6) is 0 Å². The first kappa shape index (κ1) is 10.1. The monoisotopic (exact) mass is 197 g/mol. The highest BCUT2D eigenvalue weighted by atomic mass is 16.5. The Labute approximate surface area is 85.2 Å². The summed E-state index contributed by atoms with van der Waals surface area (Å²) in [5, 5.41) is 3.32. The van der Waals surface area contributed by atoms with Crippen LogP contribution >= 0.6 is 0 Å². The molecule has 14 heavy (non-hydrogen) atoms. The van der Waals surface area contributed by atoms with Gasteiger partial charge < -0.3 is 10.1 Å². The molecule has 2 aliphatic heterocycles.